The molecule has 0 bridgehead atoms. The van der Waals surface area contributed by atoms with Crippen molar-refractivity contribution in [1.29, 1.82) is 0 Å². The highest BCUT2D eigenvalue weighted by atomic mass is 19.1. The Morgan fingerprint density at radius 2 is 1.89 bits per heavy atom. The van der Waals surface area contributed by atoms with Gasteiger partial charge >= 0.3 is 11.9 Å². The molecule has 0 spiro atoms. The van der Waals surface area contributed by atoms with Crippen LogP contribution in [0.2, 0.25) is 0 Å². The van der Waals surface area contributed by atoms with Gasteiger partial charge in [0.25, 0.3) is 0 Å². The van der Waals surface area contributed by atoms with Crippen LogP contribution in [0.1, 0.15) is 72.1 Å². The van der Waals surface area contributed by atoms with Gasteiger partial charge in [0, 0.05) is 31.6 Å². The summed E-state index contributed by atoms with van der Waals surface area (Å²) in [6.45, 7) is 5.63. The number of hydrogen-bond acceptors (Lipinski definition) is 4. The molecule has 2 saturated carbocycles. The van der Waals surface area contributed by atoms with E-state index in [1.165, 1.54) is 25.0 Å². The first kappa shape index (κ1) is 19.9. The van der Waals surface area contributed by atoms with Crippen LogP contribution in [-0.2, 0) is 19.1 Å². The number of rotatable bonds is 3. The van der Waals surface area contributed by atoms with Gasteiger partial charge in [0.2, 0.25) is 0 Å². The minimum absolute atomic E-state index is 0.0137. The Morgan fingerprint density at radius 3 is 2.61 bits per heavy atom. The van der Waals surface area contributed by atoms with Crippen LogP contribution in [0, 0.1) is 29.1 Å². The number of carbonyl (C=O) groups excluding carboxylic acids is 2. The van der Waals surface area contributed by atoms with E-state index in [1.807, 2.05) is 0 Å². The molecule has 0 radical (unpaired) electrons. The summed E-state index contributed by atoms with van der Waals surface area (Å²) >= 11 is 0. The van der Waals surface area contributed by atoms with Crippen molar-refractivity contribution in [3.63, 3.8) is 0 Å². The van der Waals surface area contributed by atoms with Crippen LogP contribution in [0.5, 0.6) is 0 Å². The normalized spacial score (nSPS) is 42.3. The second kappa shape index (κ2) is 7.46. The van der Waals surface area contributed by atoms with Crippen LogP contribution in [0.15, 0.2) is 11.1 Å². The van der Waals surface area contributed by atoms with E-state index in [0.717, 1.165) is 38.5 Å². The standard InChI is InChI=1S/C23H33FO4/c1-13(25)27-12-15-10-20-18(17-5-4-16(24)11-19(15)17)8-9-23(3)21(20)6-7-22(23)28-14(2)26/h15-16,18,20-22H,4-12H2,1-3H3/t15?,16?,18-,20-,21+,22?,23+/m1/s1. The molecule has 0 N–H and O–H groups in total. The molecule has 5 heteroatoms. The van der Waals surface area contributed by atoms with E-state index in [2.05, 4.69) is 6.92 Å². The Bertz CT molecular complexity index is 686. The molecule has 156 valence electrons. The second-order valence-electron chi connectivity index (χ2n) is 9.72. The smallest absolute Gasteiger partial charge is 0.302 e. The molecular weight excluding hydrogens is 359 g/mol. The molecule has 4 nitrogen and oxygen atoms in total. The molecule has 4 aliphatic rings. The Hall–Kier alpha value is -1.39. The van der Waals surface area contributed by atoms with Crippen LogP contribution in [0.3, 0.4) is 0 Å². The molecule has 7 atom stereocenters. The van der Waals surface area contributed by atoms with E-state index < -0.39 is 6.17 Å². The average molecular weight is 393 g/mol. The largest absolute Gasteiger partial charge is 0.465 e. The lowest BCUT2D eigenvalue weighted by Crippen LogP contribution is -2.48. The Kier molecular flexibility index (Phi) is 5.30. The fourth-order valence-electron chi connectivity index (χ4n) is 7.05. The van der Waals surface area contributed by atoms with E-state index in [4.69, 9.17) is 9.47 Å². The van der Waals surface area contributed by atoms with Gasteiger partial charge in [-0.2, -0.15) is 0 Å². The highest BCUT2D eigenvalue weighted by Crippen LogP contribution is 2.62. The van der Waals surface area contributed by atoms with Gasteiger partial charge in [0.05, 0.1) is 6.61 Å². The van der Waals surface area contributed by atoms with E-state index in [0.29, 0.717) is 37.2 Å². The first-order chi connectivity index (χ1) is 13.3. The number of hydrogen-bond donors (Lipinski definition) is 0. The first-order valence-corrected chi connectivity index (χ1v) is 11.0. The van der Waals surface area contributed by atoms with Crippen molar-refractivity contribution in [2.24, 2.45) is 29.1 Å². The molecule has 0 amide bonds. The van der Waals surface area contributed by atoms with Crippen molar-refractivity contribution in [2.45, 2.75) is 84.4 Å². The SMILES string of the molecule is CC(=O)OCC1C[C@@H]2[C@H](CC[C@]3(C)C(OC(C)=O)CC[C@@H]23)C2=C1CC(F)CC2. The predicted octanol–water partition coefficient (Wildman–Crippen LogP) is 4.76. The average Bonchev–Trinajstić information content (AvgIpc) is 2.95. The van der Waals surface area contributed by atoms with Gasteiger partial charge in [-0.15, -0.1) is 0 Å². The van der Waals surface area contributed by atoms with Gasteiger partial charge in [-0.3, -0.25) is 9.59 Å². The van der Waals surface area contributed by atoms with Crippen molar-refractivity contribution in [3.8, 4) is 0 Å². The summed E-state index contributed by atoms with van der Waals surface area (Å²) in [5, 5.41) is 0. The molecule has 4 rings (SSSR count). The number of halogens is 1. The van der Waals surface area contributed by atoms with Crippen LogP contribution >= 0.6 is 0 Å². The Labute approximate surface area is 167 Å². The summed E-state index contributed by atoms with van der Waals surface area (Å²) in [4.78, 5) is 23.0. The van der Waals surface area contributed by atoms with Gasteiger partial charge < -0.3 is 9.47 Å². The van der Waals surface area contributed by atoms with Crippen LogP contribution in [0.4, 0.5) is 4.39 Å². The number of esters is 2. The number of alkyl halides is 1. The minimum atomic E-state index is -0.760. The number of carbonyl (C=O) groups is 2. The molecule has 0 heterocycles. The van der Waals surface area contributed by atoms with Gasteiger partial charge in [0.1, 0.15) is 12.3 Å². The molecule has 4 aliphatic carbocycles. The van der Waals surface area contributed by atoms with E-state index in [1.54, 1.807) is 0 Å². The van der Waals surface area contributed by atoms with Gasteiger partial charge in [-0.25, -0.2) is 4.39 Å². The summed E-state index contributed by atoms with van der Waals surface area (Å²) in [5.41, 5.74) is 2.76. The van der Waals surface area contributed by atoms with Crippen molar-refractivity contribution >= 4 is 11.9 Å². The molecule has 0 aliphatic heterocycles. The molecule has 0 aromatic heterocycles. The summed E-state index contributed by atoms with van der Waals surface area (Å²) in [5.74, 6) is 1.28. The van der Waals surface area contributed by atoms with Gasteiger partial charge in [-0.05, 0) is 62.7 Å². The molecule has 0 saturated heterocycles. The van der Waals surface area contributed by atoms with Crippen molar-refractivity contribution in [1.82, 2.24) is 0 Å². The topological polar surface area (TPSA) is 52.6 Å². The van der Waals surface area contributed by atoms with Crippen LogP contribution < -0.4 is 0 Å². The third-order valence-corrected chi connectivity index (χ3v) is 8.22. The maximum atomic E-state index is 14.2. The summed E-state index contributed by atoms with van der Waals surface area (Å²) in [7, 11) is 0. The minimum Gasteiger partial charge on any atom is -0.465 e. The highest BCUT2D eigenvalue weighted by Gasteiger charge is 2.57. The number of fused-ring (bicyclic) bond motifs is 4. The lowest BCUT2D eigenvalue weighted by molar-refractivity contribution is -0.155. The Morgan fingerprint density at radius 1 is 1.11 bits per heavy atom. The van der Waals surface area contributed by atoms with Gasteiger partial charge in [0.15, 0.2) is 0 Å². The quantitative estimate of drug-likeness (QED) is 0.513. The lowest BCUT2D eigenvalue weighted by atomic mass is 9.52. The van der Waals surface area contributed by atoms with Crippen molar-refractivity contribution in [3.05, 3.63) is 11.1 Å². The first-order valence-electron chi connectivity index (χ1n) is 11.0. The highest BCUT2D eigenvalue weighted by molar-refractivity contribution is 5.66. The maximum Gasteiger partial charge on any atom is 0.302 e. The third-order valence-electron chi connectivity index (χ3n) is 8.22. The number of ether oxygens (including phenoxy) is 2. The summed E-state index contributed by atoms with van der Waals surface area (Å²) in [6.07, 6.45) is 6.42. The van der Waals surface area contributed by atoms with E-state index in [9.17, 15) is 14.0 Å². The van der Waals surface area contributed by atoms with Crippen LogP contribution in [-0.4, -0.2) is 30.8 Å². The number of allylic oxidation sites excluding steroid dienone is 1. The van der Waals surface area contributed by atoms with E-state index >= 15 is 0 Å². The van der Waals surface area contributed by atoms with E-state index in [-0.39, 0.29) is 29.4 Å². The van der Waals surface area contributed by atoms with Crippen molar-refractivity contribution < 1.29 is 23.5 Å². The zero-order valence-corrected chi connectivity index (χ0v) is 17.3. The second-order valence-corrected chi connectivity index (χ2v) is 9.72. The molecule has 0 aromatic carbocycles. The lowest BCUT2D eigenvalue weighted by Gasteiger charge is -2.53. The monoisotopic (exact) mass is 392 g/mol. The summed E-state index contributed by atoms with van der Waals surface area (Å²) in [6, 6.07) is 0. The van der Waals surface area contributed by atoms with Crippen LogP contribution in [0.25, 0.3) is 0 Å². The fourth-order valence-corrected chi connectivity index (χ4v) is 7.05. The molecule has 2 fully saturated rings. The maximum absolute atomic E-state index is 14.2. The third kappa shape index (κ3) is 3.39. The molecule has 0 aromatic rings. The molecular formula is C23H33FO4. The van der Waals surface area contributed by atoms with Gasteiger partial charge in [-0.1, -0.05) is 18.1 Å². The summed E-state index contributed by atoms with van der Waals surface area (Å²) < 4.78 is 25.3. The Balaban J connectivity index is 1.62. The predicted molar refractivity (Wildman–Crippen MR) is 103 cm³/mol. The zero-order chi connectivity index (χ0) is 20.1. The van der Waals surface area contributed by atoms with Crippen molar-refractivity contribution in [2.75, 3.05) is 6.61 Å². The fraction of sp³-hybridized carbons (Fsp3) is 0.826. The zero-order valence-electron chi connectivity index (χ0n) is 17.3. The molecule has 28 heavy (non-hydrogen) atoms. The molecule has 3 unspecified atom stereocenters.